The van der Waals surface area contributed by atoms with E-state index in [1.165, 1.54) is 0 Å². The molecule has 0 bridgehead atoms. The Morgan fingerprint density at radius 1 is 1.50 bits per heavy atom. The predicted molar refractivity (Wildman–Crippen MR) is 53.2 cm³/mol. The first-order valence-corrected chi connectivity index (χ1v) is 4.72. The summed E-state index contributed by atoms with van der Waals surface area (Å²) >= 11 is 0. The fraction of sp³-hybridized carbons (Fsp3) is 0.800. The van der Waals surface area contributed by atoms with Crippen LogP contribution in [0.4, 0.5) is 0 Å². The molecule has 0 aliphatic heterocycles. The van der Waals surface area contributed by atoms with Crippen LogP contribution in [0, 0.1) is 0 Å². The molecule has 0 heterocycles. The molecule has 0 fully saturated rings. The largest absolute Gasteiger partial charge is 0.392 e. The van der Waals surface area contributed by atoms with Gasteiger partial charge in [-0.1, -0.05) is 13.0 Å². The maximum absolute atomic E-state index is 9.18. The van der Waals surface area contributed by atoms with Gasteiger partial charge in [-0.2, -0.15) is 0 Å². The Bertz CT molecular complexity index is 112. The molecule has 12 heavy (non-hydrogen) atoms. The maximum Gasteiger partial charge on any atom is 0.0639 e. The third-order valence-electron chi connectivity index (χ3n) is 1.71. The summed E-state index contributed by atoms with van der Waals surface area (Å²) in [4.78, 5) is 2.27. The number of aliphatic hydroxyl groups excluding tert-OH is 1. The van der Waals surface area contributed by atoms with Crippen LogP contribution >= 0.6 is 0 Å². The van der Waals surface area contributed by atoms with Crippen LogP contribution in [-0.2, 0) is 0 Å². The minimum absolute atomic E-state index is 0.221. The van der Waals surface area contributed by atoms with E-state index in [4.69, 9.17) is 0 Å². The highest BCUT2D eigenvalue weighted by atomic mass is 16.3. The van der Waals surface area contributed by atoms with E-state index in [0.717, 1.165) is 32.5 Å². The zero-order valence-electron chi connectivity index (χ0n) is 8.29. The Morgan fingerprint density at radius 3 is 2.58 bits per heavy atom. The Morgan fingerprint density at radius 2 is 2.17 bits per heavy atom. The maximum atomic E-state index is 9.18. The molecule has 0 aliphatic carbocycles. The Labute approximate surface area is 75.9 Å². The van der Waals surface area contributed by atoms with E-state index in [0.29, 0.717) is 0 Å². The molecule has 0 aromatic carbocycles. The van der Waals surface area contributed by atoms with Crippen molar-refractivity contribution in [2.45, 2.75) is 32.8 Å². The molecular weight excluding hydrogens is 150 g/mol. The van der Waals surface area contributed by atoms with Crippen LogP contribution in [-0.4, -0.2) is 35.7 Å². The molecule has 0 aliphatic rings. The Hall–Kier alpha value is -0.340. The summed E-state index contributed by atoms with van der Waals surface area (Å²) in [5.41, 5.74) is 0. The van der Waals surface area contributed by atoms with E-state index in [9.17, 15) is 5.11 Å². The van der Waals surface area contributed by atoms with E-state index in [2.05, 4.69) is 18.4 Å². The molecule has 0 saturated heterocycles. The lowest BCUT2D eigenvalue weighted by Crippen LogP contribution is -2.32. The van der Waals surface area contributed by atoms with Gasteiger partial charge < -0.3 is 10.0 Å². The fourth-order valence-corrected chi connectivity index (χ4v) is 1.26. The first kappa shape index (κ1) is 11.7. The van der Waals surface area contributed by atoms with Crippen molar-refractivity contribution in [3.8, 4) is 0 Å². The van der Waals surface area contributed by atoms with Crippen LogP contribution in [0.25, 0.3) is 0 Å². The molecule has 2 nitrogen and oxygen atoms in total. The van der Waals surface area contributed by atoms with Crippen molar-refractivity contribution >= 4 is 0 Å². The topological polar surface area (TPSA) is 23.5 Å². The quantitative estimate of drug-likeness (QED) is 0.589. The monoisotopic (exact) mass is 171 g/mol. The molecule has 0 saturated carbocycles. The number of hydrogen-bond acceptors (Lipinski definition) is 2. The smallest absolute Gasteiger partial charge is 0.0639 e. The normalized spacial score (nSPS) is 13.3. The van der Waals surface area contributed by atoms with Crippen molar-refractivity contribution < 1.29 is 5.11 Å². The molecule has 0 aromatic heterocycles. The molecule has 1 atom stereocenters. The average Bonchev–Trinajstić information content (AvgIpc) is 2.00. The van der Waals surface area contributed by atoms with Gasteiger partial charge in [0.1, 0.15) is 0 Å². The van der Waals surface area contributed by atoms with E-state index in [1.807, 2.05) is 13.0 Å². The summed E-state index contributed by atoms with van der Waals surface area (Å²) in [5, 5.41) is 9.18. The number of nitrogens with zero attached hydrogens (tertiary/aromatic N) is 1. The van der Waals surface area contributed by atoms with Crippen LogP contribution < -0.4 is 0 Å². The van der Waals surface area contributed by atoms with E-state index in [-0.39, 0.29) is 6.10 Å². The van der Waals surface area contributed by atoms with Gasteiger partial charge in [-0.15, -0.1) is 6.58 Å². The van der Waals surface area contributed by atoms with E-state index in [1.54, 1.807) is 0 Å². The molecule has 0 aromatic rings. The number of aliphatic hydroxyl groups is 1. The lowest BCUT2D eigenvalue weighted by molar-refractivity contribution is 0.127. The summed E-state index contributed by atoms with van der Waals surface area (Å²) in [7, 11) is 0. The zero-order chi connectivity index (χ0) is 9.40. The van der Waals surface area contributed by atoms with Gasteiger partial charge in [-0.05, 0) is 26.3 Å². The number of rotatable bonds is 7. The molecule has 0 spiro atoms. The first-order chi connectivity index (χ1) is 5.70. The van der Waals surface area contributed by atoms with Crippen LogP contribution in [0.3, 0.4) is 0 Å². The fourth-order valence-electron chi connectivity index (χ4n) is 1.26. The molecule has 2 heteroatoms. The van der Waals surface area contributed by atoms with E-state index < -0.39 is 0 Å². The minimum atomic E-state index is -0.221. The van der Waals surface area contributed by atoms with Gasteiger partial charge in [0.05, 0.1) is 6.10 Å². The molecule has 1 unspecified atom stereocenters. The van der Waals surface area contributed by atoms with Crippen LogP contribution in [0.15, 0.2) is 12.7 Å². The summed E-state index contributed by atoms with van der Waals surface area (Å²) < 4.78 is 0. The molecule has 1 N–H and O–H groups in total. The minimum Gasteiger partial charge on any atom is -0.392 e. The second-order valence-electron chi connectivity index (χ2n) is 3.23. The van der Waals surface area contributed by atoms with E-state index >= 15 is 0 Å². The van der Waals surface area contributed by atoms with Crippen molar-refractivity contribution in [1.82, 2.24) is 4.90 Å². The standard InChI is InChI=1S/C10H21NO/c1-4-6-8-11(7-5-2)9-10(3)12/h4,10,12H,1,5-9H2,2-3H3. The SMILES string of the molecule is C=CCCN(CCC)CC(C)O. The summed E-state index contributed by atoms with van der Waals surface area (Å²) in [6, 6.07) is 0. The van der Waals surface area contributed by atoms with Crippen molar-refractivity contribution in [3.05, 3.63) is 12.7 Å². The van der Waals surface area contributed by atoms with Gasteiger partial charge in [0.25, 0.3) is 0 Å². The molecule has 0 amide bonds. The highest BCUT2D eigenvalue weighted by molar-refractivity contribution is 4.70. The van der Waals surface area contributed by atoms with Gasteiger partial charge in [0.15, 0.2) is 0 Å². The third kappa shape index (κ3) is 6.38. The Kier molecular flexibility index (Phi) is 7.11. The third-order valence-corrected chi connectivity index (χ3v) is 1.71. The van der Waals surface area contributed by atoms with Crippen LogP contribution in [0.5, 0.6) is 0 Å². The van der Waals surface area contributed by atoms with Crippen molar-refractivity contribution in [3.63, 3.8) is 0 Å². The van der Waals surface area contributed by atoms with Gasteiger partial charge in [-0.25, -0.2) is 0 Å². The van der Waals surface area contributed by atoms with Crippen molar-refractivity contribution in [2.75, 3.05) is 19.6 Å². The van der Waals surface area contributed by atoms with Crippen LogP contribution in [0.1, 0.15) is 26.7 Å². The Balaban J connectivity index is 3.61. The molecule has 0 radical (unpaired) electrons. The lowest BCUT2D eigenvalue weighted by atomic mass is 10.3. The van der Waals surface area contributed by atoms with Gasteiger partial charge in [0.2, 0.25) is 0 Å². The highest BCUT2D eigenvalue weighted by Gasteiger charge is 2.05. The summed E-state index contributed by atoms with van der Waals surface area (Å²) in [5.74, 6) is 0. The molecular formula is C10H21NO. The second kappa shape index (κ2) is 7.32. The molecule has 72 valence electrons. The van der Waals surface area contributed by atoms with Gasteiger partial charge in [-0.3, -0.25) is 0 Å². The summed E-state index contributed by atoms with van der Waals surface area (Å²) in [6.45, 7) is 10.5. The predicted octanol–water partition coefficient (Wildman–Crippen LogP) is 1.66. The first-order valence-electron chi connectivity index (χ1n) is 4.72. The molecule has 0 rings (SSSR count). The van der Waals surface area contributed by atoms with Crippen molar-refractivity contribution in [1.29, 1.82) is 0 Å². The van der Waals surface area contributed by atoms with Crippen LogP contribution in [0.2, 0.25) is 0 Å². The second-order valence-corrected chi connectivity index (χ2v) is 3.23. The zero-order valence-corrected chi connectivity index (χ0v) is 8.29. The lowest BCUT2D eigenvalue weighted by Gasteiger charge is -2.22. The van der Waals surface area contributed by atoms with Crippen molar-refractivity contribution in [2.24, 2.45) is 0 Å². The number of hydrogen-bond donors (Lipinski definition) is 1. The van der Waals surface area contributed by atoms with Gasteiger partial charge in [0, 0.05) is 13.1 Å². The van der Waals surface area contributed by atoms with Gasteiger partial charge >= 0.3 is 0 Å². The highest BCUT2D eigenvalue weighted by Crippen LogP contribution is 1.96. The average molecular weight is 171 g/mol. The summed E-state index contributed by atoms with van der Waals surface area (Å²) in [6.07, 6.45) is 3.85.